The molecule has 0 atom stereocenters. The van der Waals surface area contributed by atoms with Gasteiger partial charge in [-0.15, -0.1) is 0 Å². The van der Waals surface area contributed by atoms with Crippen LogP contribution in [-0.2, 0) is 16.6 Å². The lowest BCUT2D eigenvalue weighted by molar-refractivity contribution is 0.456. The molecule has 1 aromatic rings. The smallest absolute Gasteiger partial charge is 0.246 e. The fourth-order valence-corrected chi connectivity index (χ4v) is 3.60. The second kappa shape index (κ2) is 4.77. The van der Waals surface area contributed by atoms with Gasteiger partial charge in [0.15, 0.2) is 0 Å². The number of benzene rings is 1. The van der Waals surface area contributed by atoms with Gasteiger partial charge in [-0.2, -0.15) is 4.31 Å². The molecular weight excluding hydrogens is 279 g/mol. The van der Waals surface area contributed by atoms with Crippen molar-refractivity contribution >= 4 is 21.6 Å². The van der Waals surface area contributed by atoms with Crippen molar-refractivity contribution in [3.8, 4) is 0 Å². The van der Waals surface area contributed by atoms with Crippen LogP contribution in [0.5, 0.6) is 0 Å². The van der Waals surface area contributed by atoms with Crippen LogP contribution >= 0.6 is 11.6 Å². The minimum absolute atomic E-state index is 0.0327. The lowest BCUT2D eigenvalue weighted by atomic mass is 10.2. The first-order chi connectivity index (χ1) is 8.37. The highest BCUT2D eigenvalue weighted by atomic mass is 35.5. The fourth-order valence-electron chi connectivity index (χ4n) is 1.74. The summed E-state index contributed by atoms with van der Waals surface area (Å²) in [6.07, 6.45) is 1.61. The van der Waals surface area contributed by atoms with E-state index in [1.807, 2.05) is 0 Å². The largest absolute Gasteiger partial charge is 0.326 e. The van der Waals surface area contributed by atoms with Crippen LogP contribution < -0.4 is 5.73 Å². The number of hydrogen-bond acceptors (Lipinski definition) is 3. The molecule has 1 aromatic carbocycles. The quantitative estimate of drug-likeness (QED) is 0.919. The first-order valence-corrected chi connectivity index (χ1v) is 7.35. The molecule has 0 aliphatic heterocycles. The maximum atomic E-state index is 14.0. The minimum atomic E-state index is -3.84. The fraction of sp³-hybridized carbons (Fsp3) is 0.455. The third kappa shape index (κ3) is 2.38. The van der Waals surface area contributed by atoms with Crippen LogP contribution in [0.25, 0.3) is 0 Å². The average Bonchev–Trinajstić information content (AvgIpc) is 3.14. The van der Waals surface area contributed by atoms with Crippen molar-refractivity contribution in [2.75, 3.05) is 7.05 Å². The summed E-state index contributed by atoms with van der Waals surface area (Å²) in [6.45, 7) is -0.0952. The number of rotatable bonds is 4. The zero-order chi connectivity index (χ0) is 13.5. The van der Waals surface area contributed by atoms with E-state index in [2.05, 4.69) is 0 Å². The van der Waals surface area contributed by atoms with Crippen LogP contribution in [-0.4, -0.2) is 25.8 Å². The molecule has 0 heterocycles. The Labute approximate surface area is 111 Å². The Morgan fingerprint density at radius 1 is 1.50 bits per heavy atom. The van der Waals surface area contributed by atoms with Crippen LogP contribution in [0.1, 0.15) is 18.4 Å². The van der Waals surface area contributed by atoms with E-state index < -0.39 is 20.7 Å². The standard InChI is InChI=1S/C11H14ClFN2O2S/c1-15(9-2-3-9)18(16,17)10-5-8(12)4-7(6-14)11(10)13/h4-5,9H,2-3,6,14H2,1H3. The van der Waals surface area contributed by atoms with E-state index in [1.165, 1.54) is 17.4 Å². The van der Waals surface area contributed by atoms with Crippen LogP contribution in [0.15, 0.2) is 17.0 Å². The zero-order valence-electron chi connectivity index (χ0n) is 9.86. The summed E-state index contributed by atoms with van der Waals surface area (Å²) in [4.78, 5) is -0.398. The topological polar surface area (TPSA) is 63.4 Å². The second-order valence-electron chi connectivity index (χ2n) is 4.33. The molecule has 7 heteroatoms. The lowest BCUT2D eigenvalue weighted by Crippen LogP contribution is -2.30. The SMILES string of the molecule is CN(C1CC1)S(=O)(=O)c1cc(Cl)cc(CN)c1F. The lowest BCUT2D eigenvalue weighted by Gasteiger charge is -2.18. The molecule has 0 unspecified atom stereocenters. The number of hydrogen-bond donors (Lipinski definition) is 1. The molecule has 100 valence electrons. The molecule has 2 N–H and O–H groups in total. The molecule has 0 spiro atoms. The van der Waals surface area contributed by atoms with Gasteiger partial charge in [-0.05, 0) is 25.0 Å². The highest BCUT2D eigenvalue weighted by molar-refractivity contribution is 7.89. The Hall–Kier alpha value is -0.690. The molecule has 1 saturated carbocycles. The monoisotopic (exact) mass is 292 g/mol. The van der Waals surface area contributed by atoms with Gasteiger partial charge in [0.1, 0.15) is 10.7 Å². The molecule has 0 amide bonds. The molecule has 0 saturated heterocycles. The number of nitrogens with two attached hydrogens (primary N) is 1. The van der Waals surface area contributed by atoms with Gasteiger partial charge in [-0.3, -0.25) is 0 Å². The Morgan fingerprint density at radius 2 is 2.11 bits per heavy atom. The van der Waals surface area contributed by atoms with Gasteiger partial charge in [0.25, 0.3) is 0 Å². The number of nitrogens with zero attached hydrogens (tertiary/aromatic N) is 1. The molecule has 1 fully saturated rings. The summed E-state index contributed by atoms with van der Waals surface area (Å²) in [5.74, 6) is -0.811. The number of sulfonamides is 1. The summed E-state index contributed by atoms with van der Waals surface area (Å²) in [7, 11) is -2.39. The molecule has 1 aliphatic rings. The van der Waals surface area contributed by atoms with Crippen LogP contribution in [0.4, 0.5) is 4.39 Å². The maximum Gasteiger partial charge on any atom is 0.246 e. The Morgan fingerprint density at radius 3 is 2.61 bits per heavy atom. The molecule has 1 aliphatic carbocycles. The highest BCUT2D eigenvalue weighted by Crippen LogP contribution is 2.32. The zero-order valence-corrected chi connectivity index (χ0v) is 11.4. The molecule has 0 radical (unpaired) electrons. The van der Waals surface area contributed by atoms with Gasteiger partial charge in [-0.25, -0.2) is 12.8 Å². The highest BCUT2D eigenvalue weighted by Gasteiger charge is 2.36. The van der Waals surface area contributed by atoms with Crippen molar-refractivity contribution in [3.63, 3.8) is 0 Å². The molecule has 4 nitrogen and oxygen atoms in total. The summed E-state index contributed by atoms with van der Waals surface area (Å²) in [5, 5.41) is 0.166. The van der Waals surface area contributed by atoms with E-state index in [0.717, 1.165) is 18.9 Å². The van der Waals surface area contributed by atoms with Crippen LogP contribution in [0.3, 0.4) is 0 Å². The van der Waals surface area contributed by atoms with E-state index in [-0.39, 0.29) is 23.2 Å². The van der Waals surface area contributed by atoms with Crippen LogP contribution in [0, 0.1) is 5.82 Å². The van der Waals surface area contributed by atoms with Crippen molar-refractivity contribution in [1.29, 1.82) is 0 Å². The normalized spacial score (nSPS) is 16.3. The molecule has 2 rings (SSSR count). The van der Waals surface area contributed by atoms with Crippen molar-refractivity contribution in [2.45, 2.75) is 30.3 Å². The first kappa shape index (κ1) is 13.7. The summed E-state index contributed by atoms with van der Waals surface area (Å²) in [6, 6.07) is 2.44. The Kier molecular flexibility index (Phi) is 3.64. The predicted octanol–water partition coefficient (Wildman–Crippen LogP) is 1.72. The predicted molar refractivity (Wildman–Crippen MR) is 67.3 cm³/mol. The van der Waals surface area contributed by atoms with Gasteiger partial charge in [0.05, 0.1) is 0 Å². The van der Waals surface area contributed by atoms with Crippen molar-refractivity contribution < 1.29 is 12.8 Å². The van der Waals surface area contributed by atoms with Gasteiger partial charge in [0, 0.05) is 30.2 Å². The van der Waals surface area contributed by atoms with Gasteiger partial charge >= 0.3 is 0 Å². The number of halogens is 2. The summed E-state index contributed by atoms with van der Waals surface area (Å²) < 4.78 is 39.7. The van der Waals surface area contributed by atoms with Crippen molar-refractivity contribution in [3.05, 3.63) is 28.5 Å². The van der Waals surface area contributed by atoms with Crippen molar-refractivity contribution in [1.82, 2.24) is 4.31 Å². The maximum absolute atomic E-state index is 14.0. The second-order valence-corrected chi connectivity index (χ2v) is 6.74. The van der Waals surface area contributed by atoms with E-state index in [0.29, 0.717) is 0 Å². The minimum Gasteiger partial charge on any atom is -0.326 e. The van der Waals surface area contributed by atoms with Gasteiger partial charge in [0.2, 0.25) is 10.0 Å². The van der Waals surface area contributed by atoms with Crippen molar-refractivity contribution in [2.24, 2.45) is 5.73 Å². The first-order valence-electron chi connectivity index (χ1n) is 5.54. The Bertz CT molecular complexity index is 573. The van der Waals surface area contributed by atoms with Gasteiger partial charge < -0.3 is 5.73 Å². The van der Waals surface area contributed by atoms with Crippen LogP contribution in [0.2, 0.25) is 5.02 Å². The van der Waals surface area contributed by atoms with E-state index in [4.69, 9.17) is 17.3 Å². The molecule has 0 bridgehead atoms. The molecular formula is C11H14ClFN2O2S. The van der Waals surface area contributed by atoms with E-state index in [1.54, 1.807) is 0 Å². The summed E-state index contributed by atoms with van der Waals surface area (Å²) >= 11 is 5.80. The molecule has 0 aromatic heterocycles. The van der Waals surface area contributed by atoms with E-state index in [9.17, 15) is 12.8 Å². The average molecular weight is 293 g/mol. The summed E-state index contributed by atoms with van der Waals surface area (Å²) in [5.41, 5.74) is 5.47. The third-order valence-corrected chi connectivity index (χ3v) is 5.14. The molecule has 18 heavy (non-hydrogen) atoms. The third-order valence-electron chi connectivity index (χ3n) is 3.02. The van der Waals surface area contributed by atoms with E-state index >= 15 is 0 Å². The van der Waals surface area contributed by atoms with Gasteiger partial charge in [-0.1, -0.05) is 11.6 Å². The Balaban J connectivity index is 2.53.